The van der Waals surface area contributed by atoms with E-state index in [0.29, 0.717) is 12.8 Å². The predicted octanol–water partition coefficient (Wildman–Crippen LogP) is 3.69. The van der Waals surface area contributed by atoms with Crippen LogP contribution < -0.4 is 10.6 Å². The Morgan fingerprint density at radius 1 is 1.11 bits per heavy atom. The molecule has 3 unspecified atom stereocenters. The lowest BCUT2D eigenvalue weighted by Gasteiger charge is -2.30. The van der Waals surface area contributed by atoms with Gasteiger partial charge in [-0.3, -0.25) is 9.59 Å². The topological polar surface area (TPSA) is 114 Å². The van der Waals surface area contributed by atoms with Crippen molar-refractivity contribution < 1.29 is 29.0 Å². The number of aliphatic carboxylic acids is 1. The number of rotatable bonds is 9. The van der Waals surface area contributed by atoms with Gasteiger partial charge in [0.1, 0.15) is 6.61 Å². The van der Waals surface area contributed by atoms with Crippen molar-refractivity contribution in [1.29, 1.82) is 0 Å². The molecule has 0 saturated carbocycles. The third-order valence-corrected chi connectivity index (χ3v) is 7.14. The molecule has 1 heterocycles. The fourth-order valence-corrected chi connectivity index (χ4v) is 4.91. The Morgan fingerprint density at radius 2 is 1.74 bits per heavy atom. The molecule has 1 saturated heterocycles. The van der Waals surface area contributed by atoms with Gasteiger partial charge in [-0.2, -0.15) is 0 Å². The van der Waals surface area contributed by atoms with Crippen molar-refractivity contribution in [3.8, 4) is 11.1 Å². The van der Waals surface area contributed by atoms with Crippen LogP contribution in [0.5, 0.6) is 0 Å². The van der Waals surface area contributed by atoms with Crippen LogP contribution in [-0.2, 0) is 19.1 Å². The molecule has 186 valence electrons. The van der Waals surface area contributed by atoms with E-state index in [-0.39, 0.29) is 44.1 Å². The lowest BCUT2D eigenvalue weighted by atomic mass is 9.83. The summed E-state index contributed by atoms with van der Waals surface area (Å²) in [6, 6.07) is 15.4. The second-order valence-electron chi connectivity index (χ2n) is 9.47. The van der Waals surface area contributed by atoms with Gasteiger partial charge in [-0.05, 0) is 42.0 Å². The van der Waals surface area contributed by atoms with Crippen molar-refractivity contribution in [2.45, 2.75) is 51.1 Å². The second kappa shape index (κ2) is 10.5. The second-order valence-corrected chi connectivity index (χ2v) is 9.47. The predicted molar refractivity (Wildman–Crippen MR) is 130 cm³/mol. The Balaban J connectivity index is 1.37. The number of carboxylic acid groups (broad SMARTS) is 1. The van der Waals surface area contributed by atoms with Crippen molar-refractivity contribution in [2.24, 2.45) is 5.41 Å². The molecular formula is C27H32N2O6. The molecule has 8 nitrogen and oxygen atoms in total. The van der Waals surface area contributed by atoms with E-state index in [1.165, 1.54) is 0 Å². The highest BCUT2D eigenvalue weighted by molar-refractivity contribution is 5.85. The van der Waals surface area contributed by atoms with Crippen LogP contribution in [0.15, 0.2) is 48.5 Å². The smallest absolute Gasteiger partial charge is 0.407 e. The number of fused-ring (bicyclic) bond motifs is 3. The number of hydrogen-bond donors (Lipinski definition) is 3. The number of carbonyl (C=O) groups is 3. The first kappa shape index (κ1) is 24.7. The summed E-state index contributed by atoms with van der Waals surface area (Å²) in [5.41, 5.74) is 3.57. The summed E-state index contributed by atoms with van der Waals surface area (Å²) in [6.45, 7) is 4.17. The van der Waals surface area contributed by atoms with Crippen LogP contribution in [0.25, 0.3) is 11.1 Å². The average molecular weight is 481 g/mol. The van der Waals surface area contributed by atoms with E-state index in [0.717, 1.165) is 22.3 Å². The van der Waals surface area contributed by atoms with Gasteiger partial charge in [0.2, 0.25) is 5.91 Å². The third kappa shape index (κ3) is 5.17. The number of benzene rings is 2. The molecule has 1 fully saturated rings. The number of alkyl carbamates (subject to hydrolysis) is 1. The van der Waals surface area contributed by atoms with Gasteiger partial charge in [-0.25, -0.2) is 4.79 Å². The molecule has 0 spiro atoms. The molecule has 2 amide bonds. The van der Waals surface area contributed by atoms with Gasteiger partial charge in [0, 0.05) is 18.4 Å². The van der Waals surface area contributed by atoms with Gasteiger partial charge in [0.05, 0.1) is 24.7 Å². The zero-order valence-electron chi connectivity index (χ0n) is 20.1. The van der Waals surface area contributed by atoms with E-state index in [1.807, 2.05) is 31.2 Å². The van der Waals surface area contributed by atoms with Gasteiger partial charge in [0.15, 0.2) is 0 Å². The molecule has 2 aromatic carbocycles. The monoisotopic (exact) mass is 480 g/mol. The number of ether oxygens (including phenoxy) is 2. The Bertz CT molecular complexity index is 1060. The highest BCUT2D eigenvalue weighted by Crippen LogP contribution is 2.44. The van der Waals surface area contributed by atoms with Crippen LogP contribution in [-0.4, -0.2) is 55.0 Å². The first-order chi connectivity index (χ1) is 16.8. The fraction of sp³-hybridized carbons (Fsp3) is 0.444. The maximum absolute atomic E-state index is 13.1. The Morgan fingerprint density at radius 3 is 2.34 bits per heavy atom. The number of carbonyl (C=O) groups excluding carboxylic acids is 2. The van der Waals surface area contributed by atoms with E-state index in [9.17, 15) is 14.4 Å². The van der Waals surface area contributed by atoms with Crippen molar-refractivity contribution in [2.75, 3.05) is 19.8 Å². The Labute approximate surface area is 205 Å². The summed E-state index contributed by atoms with van der Waals surface area (Å²) < 4.78 is 11.2. The van der Waals surface area contributed by atoms with Crippen molar-refractivity contribution >= 4 is 18.0 Å². The number of nitrogens with one attached hydrogen (secondary N) is 2. The first-order valence-electron chi connectivity index (χ1n) is 12.1. The third-order valence-electron chi connectivity index (χ3n) is 7.14. The number of amides is 2. The van der Waals surface area contributed by atoms with Crippen LogP contribution in [0, 0.1) is 5.41 Å². The van der Waals surface area contributed by atoms with Gasteiger partial charge in [0.25, 0.3) is 0 Å². The highest BCUT2D eigenvalue weighted by Gasteiger charge is 2.47. The Kier molecular flexibility index (Phi) is 7.40. The van der Waals surface area contributed by atoms with Crippen molar-refractivity contribution in [1.82, 2.24) is 10.6 Å². The maximum atomic E-state index is 13.1. The van der Waals surface area contributed by atoms with E-state index >= 15 is 0 Å². The molecule has 3 N–H and O–H groups in total. The van der Waals surface area contributed by atoms with E-state index < -0.39 is 23.5 Å². The van der Waals surface area contributed by atoms with Crippen LogP contribution in [0.3, 0.4) is 0 Å². The summed E-state index contributed by atoms with van der Waals surface area (Å²) in [5.74, 6) is -1.22. The zero-order valence-corrected chi connectivity index (χ0v) is 20.1. The largest absolute Gasteiger partial charge is 0.481 e. The van der Waals surface area contributed by atoms with Crippen LogP contribution in [0.1, 0.15) is 50.2 Å². The van der Waals surface area contributed by atoms with Crippen molar-refractivity contribution in [3.63, 3.8) is 0 Å². The molecule has 0 radical (unpaired) electrons. The summed E-state index contributed by atoms with van der Waals surface area (Å²) in [5, 5.41) is 14.7. The molecule has 2 aromatic rings. The van der Waals surface area contributed by atoms with E-state index in [2.05, 4.69) is 34.9 Å². The molecule has 1 aliphatic carbocycles. The van der Waals surface area contributed by atoms with Gasteiger partial charge >= 0.3 is 12.1 Å². The normalized spacial score (nSPS) is 21.6. The summed E-state index contributed by atoms with van der Waals surface area (Å²) in [4.78, 5) is 36.7. The van der Waals surface area contributed by atoms with E-state index in [4.69, 9.17) is 14.6 Å². The van der Waals surface area contributed by atoms with Crippen molar-refractivity contribution in [3.05, 3.63) is 59.7 Å². The molecule has 3 atom stereocenters. The zero-order chi connectivity index (χ0) is 25.0. The summed E-state index contributed by atoms with van der Waals surface area (Å²) in [6.07, 6.45) is 0.339. The van der Waals surface area contributed by atoms with Gasteiger partial charge in [-0.1, -0.05) is 55.5 Å². The molecule has 8 heteroatoms. The Hall–Kier alpha value is -3.39. The maximum Gasteiger partial charge on any atom is 0.407 e. The molecule has 4 rings (SSSR count). The van der Waals surface area contributed by atoms with Gasteiger partial charge < -0.3 is 25.2 Å². The first-order valence-corrected chi connectivity index (χ1v) is 12.1. The van der Waals surface area contributed by atoms with Gasteiger partial charge in [-0.15, -0.1) is 0 Å². The minimum absolute atomic E-state index is 0.0204. The lowest BCUT2D eigenvalue weighted by molar-refractivity contribution is -0.138. The number of hydrogen-bond acceptors (Lipinski definition) is 5. The number of carboxylic acids is 1. The molecule has 1 aliphatic heterocycles. The summed E-state index contributed by atoms with van der Waals surface area (Å²) >= 11 is 0. The molecule has 35 heavy (non-hydrogen) atoms. The summed E-state index contributed by atoms with van der Waals surface area (Å²) in [7, 11) is 0. The van der Waals surface area contributed by atoms with Crippen LogP contribution in [0.4, 0.5) is 4.79 Å². The fourth-order valence-electron chi connectivity index (χ4n) is 4.91. The van der Waals surface area contributed by atoms with E-state index in [1.54, 1.807) is 6.92 Å². The molecule has 2 aliphatic rings. The minimum atomic E-state index is -0.984. The standard InChI is InChI=1S/C27H32N2O6/c1-3-17(12-13-24(30)31)28-25(32)27(2)16-34-15-23(27)29-26(33)35-14-22-20-10-6-4-8-18(20)19-9-5-7-11-21(19)22/h4-11,17,22-23H,3,12-16H2,1-2H3,(H,28,32)(H,29,33)(H,30,31). The molecule has 0 aromatic heterocycles. The molecular weight excluding hydrogens is 448 g/mol. The van der Waals surface area contributed by atoms with Crippen LogP contribution >= 0.6 is 0 Å². The lowest BCUT2D eigenvalue weighted by Crippen LogP contribution is -2.55. The SMILES string of the molecule is CCC(CCC(=O)O)NC(=O)C1(C)COCC1NC(=O)OCC1c2ccccc2-c2ccccc21. The average Bonchev–Trinajstić information content (AvgIpc) is 3.38. The molecule has 0 bridgehead atoms. The minimum Gasteiger partial charge on any atom is -0.481 e. The quantitative estimate of drug-likeness (QED) is 0.504. The van der Waals surface area contributed by atoms with Crippen LogP contribution in [0.2, 0.25) is 0 Å². The highest BCUT2D eigenvalue weighted by atomic mass is 16.5.